The van der Waals surface area contributed by atoms with Crippen molar-refractivity contribution < 1.29 is 24.2 Å². The molecule has 3 saturated heterocycles. The number of likely N-dealkylation sites (tertiary alicyclic amines) is 1. The zero-order valence-corrected chi connectivity index (χ0v) is 11.0. The van der Waals surface area contributed by atoms with E-state index in [0.717, 1.165) is 19.4 Å². The first-order valence-electron chi connectivity index (χ1n) is 7.11. The lowest BCUT2D eigenvalue weighted by atomic mass is 9.77. The van der Waals surface area contributed by atoms with Crippen molar-refractivity contribution >= 4 is 11.9 Å². The number of carboxylic acids is 1. The molecule has 20 heavy (non-hydrogen) atoms. The second-order valence-electron chi connectivity index (χ2n) is 6.09. The van der Waals surface area contributed by atoms with Gasteiger partial charge in [-0.1, -0.05) is 12.2 Å². The summed E-state index contributed by atoms with van der Waals surface area (Å²) in [6.07, 6.45) is 5.29. The van der Waals surface area contributed by atoms with Gasteiger partial charge in [-0.2, -0.15) is 0 Å². The van der Waals surface area contributed by atoms with E-state index in [1.54, 1.807) is 11.0 Å². The van der Waals surface area contributed by atoms with Crippen molar-refractivity contribution in [3.63, 3.8) is 0 Å². The summed E-state index contributed by atoms with van der Waals surface area (Å²) in [6.45, 7) is 1.75. The normalized spacial score (nSPS) is 45.4. The molecule has 0 aliphatic carbocycles. The second-order valence-corrected chi connectivity index (χ2v) is 6.09. The van der Waals surface area contributed by atoms with Crippen LogP contribution in [0.15, 0.2) is 12.2 Å². The topological polar surface area (TPSA) is 76.1 Å². The van der Waals surface area contributed by atoms with Gasteiger partial charge >= 0.3 is 5.97 Å². The van der Waals surface area contributed by atoms with Crippen molar-refractivity contribution in [1.29, 1.82) is 0 Å². The summed E-state index contributed by atoms with van der Waals surface area (Å²) in [5.74, 6) is -2.36. The van der Waals surface area contributed by atoms with E-state index in [1.165, 1.54) is 0 Å². The maximum absolute atomic E-state index is 12.6. The summed E-state index contributed by atoms with van der Waals surface area (Å²) in [5, 5.41) is 9.36. The smallest absolute Gasteiger partial charge is 0.310 e. The minimum absolute atomic E-state index is 0.0821. The third-order valence-electron chi connectivity index (χ3n) is 4.91. The molecule has 1 N–H and O–H groups in total. The summed E-state index contributed by atoms with van der Waals surface area (Å²) in [6, 6.07) is 0. The van der Waals surface area contributed by atoms with E-state index >= 15 is 0 Å². The van der Waals surface area contributed by atoms with E-state index in [-0.39, 0.29) is 12.0 Å². The Morgan fingerprint density at radius 3 is 3.10 bits per heavy atom. The molecule has 0 aromatic carbocycles. The lowest BCUT2D eigenvalue weighted by molar-refractivity contribution is -0.148. The van der Waals surface area contributed by atoms with Crippen LogP contribution < -0.4 is 0 Å². The van der Waals surface area contributed by atoms with Gasteiger partial charge in [0.2, 0.25) is 5.91 Å². The van der Waals surface area contributed by atoms with Crippen molar-refractivity contribution in [2.45, 2.75) is 30.7 Å². The van der Waals surface area contributed by atoms with E-state index in [2.05, 4.69) is 0 Å². The molecule has 108 valence electrons. The lowest BCUT2D eigenvalue weighted by Crippen LogP contribution is -2.39. The van der Waals surface area contributed by atoms with E-state index in [1.807, 2.05) is 6.08 Å². The fraction of sp³-hybridized carbons (Fsp3) is 0.714. The first-order chi connectivity index (χ1) is 9.61. The molecule has 2 bridgehead atoms. The van der Waals surface area contributed by atoms with E-state index in [0.29, 0.717) is 13.1 Å². The minimum atomic E-state index is -0.946. The largest absolute Gasteiger partial charge is 0.481 e. The van der Waals surface area contributed by atoms with Crippen LogP contribution in [-0.4, -0.2) is 59.4 Å². The molecular weight excluding hydrogens is 262 g/mol. The van der Waals surface area contributed by atoms with Gasteiger partial charge in [0.25, 0.3) is 0 Å². The summed E-state index contributed by atoms with van der Waals surface area (Å²) in [4.78, 5) is 25.7. The number of aliphatic carboxylic acids is 1. The zero-order chi connectivity index (χ0) is 13.9. The highest BCUT2D eigenvalue weighted by Gasteiger charge is 2.67. The maximum Gasteiger partial charge on any atom is 0.310 e. The van der Waals surface area contributed by atoms with Crippen molar-refractivity contribution in [3.8, 4) is 0 Å². The van der Waals surface area contributed by atoms with Crippen molar-refractivity contribution in [2.75, 3.05) is 19.7 Å². The average Bonchev–Trinajstić information content (AvgIpc) is 3.12. The Morgan fingerprint density at radius 2 is 2.40 bits per heavy atom. The molecule has 0 aromatic heterocycles. The van der Waals surface area contributed by atoms with E-state index in [9.17, 15) is 14.7 Å². The third-order valence-corrected chi connectivity index (χ3v) is 4.91. The molecule has 4 aliphatic heterocycles. The summed E-state index contributed by atoms with van der Waals surface area (Å²) in [5.41, 5.74) is -0.719. The number of ether oxygens (including phenoxy) is 2. The molecule has 6 heteroatoms. The molecule has 4 aliphatic rings. The number of carboxylic acid groups (broad SMARTS) is 1. The average molecular weight is 279 g/mol. The van der Waals surface area contributed by atoms with Crippen LogP contribution in [0.5, 0.6) is 0 Å². The minimum Gasteiger partial charge on any atom is -0.481 e. The van der Waals surface area contributed by atoms with Gasteiger partial charge in [-0.3, -0.25) is 9.59 Å². The summed E-state index contributed by atoms with van der Waals surface area (Å²) in [7, 11) is 0. The third kappa shape index (κ3) is 1.52. The van der Waals surface area contributed by atoms with Crippen LogP contribution in [0.25, 0.3) is 0 Å². The predicted octanol–water partition coefficient (Wildman–Crippen LogP) is 0.0320. The van der Waals surface area contributed by atoms with Gasteiger partial charge in [-0.05, 0) is 12.8 Å². The molecule has 0 unspecified atom stereocenters. The number of carbonyl (C=O) groups excluding carboxylic acids is 1. The van der Waals surface area contributed by atoms with Gasteiger partial charge in [-0.25, -0.2) is 0 Å². The molecule has 1 spiro atoms. The molecule has 3 fully saturated rings. The molecule has 4 heterocycles. The molecule has 5 atom stereocenters. The lowest BCUT2D eigenvalue weighted by Gasteiger charge is -2.23. The molecule has 0 radical (unpaired) electrons. The van der Waals surface area contributed by atoms with Crippen molar-refractivity contribution in [1.82, 2.24) is 4.90 Å². The highest BCUT2D eigenvalue weighted by molar-refractivity contribution is 5.90. The van der Waals surface area contributed by atoms with Crippen LogP contribution in [0.1, 0.15) is 12.8 Å². The Bertz CT molecular complexity index is 498. The molecule has 1 amide bonds. The number of fused-ring (bicyclic) bond motifs is 1. The van der Waals surface area contributed by atoms with Gasteiger partial charge < -0.3 is 19.5 Å². The van der Waals surface area contributed by atoms with Crippen molar-refractivity contribution in [2.24, 2.45) is 11.8 Å². The molecular formula is C14H17NO5. The van der Waals surface area contributed by atoms with Gasteiger partial charge in [-0.15, -0.1) is 0 Å². The number of rotatable bonds is 3. The Balaban J connectivity index is 1.58. The highest BCUT2D eigenvalue weighted by Crippen LogP contribution is 2.51. The number of carbonyl (C=O) groups is 2. The first kappa shape index (κ1) is 12.3. The highest BCUT2D eigenvalue weighted by atomic mass is 16.5. The number of nitrogens with zero attached hydrogens (tertiary/aromatic N) is 1. The van der Waals surface area contributed by atoms with Crippen LogP contribution in [0, 0.1) is 11.8 Å². The van der Waals surface area contributed by atoms with E-state index in [4.69, 9.17) is 9.47 Å². The molecule has 6 nitrogen and oxygen atoms in total. The second kappa shape index (κ2) is 4.05. The Kier molecular flexibility index (Phi) is 2.50. The standard InChI is InChI=1S/C14H17NO5/c16-12-11-10(13(17)18)9-3-4-14(11,20-9)7-15(12)6-8-2-1-5-19-8/h3-4,8-11H,1-2,5-7H2,(H,17,18)/t8-,9+,10+,11-,14+/m0/s1. The Hall–Kier alpha value is -1.40. The van der Waals surface area contributed by atoms with Gasteiger partial charge in [0, 0.05) is 13.2 Å². The fourth-order valence-corrected chi connectivity index (χ4v) is 4.05. The van der Waals surface area contributed by atoms with Crippen LogP contribution in [-0.2, 0) is 19.1 Å². The fourth-order valence-electron chi connectivity index (χ4n) is 4.05. The summed E-state index contributed by atoms with van der Waals surface area (Å²) >= 11 is 0. The summed E-state index contributed by atoms with van der Waals surface area (Å²) < 4.78 is 11.4. The monoisotopic (exact) mass is 279 g/mol. The van der Waals surface area contributed by atoms with E-state index < -0.39 is 29.5 Å². The molecule has 4 rings (SSSR count). The van der Waals surface area contributed by atoms with Crippen LogP contribution in [0.3, 0.4) is 0 Å². The van der Waals surface area contributed by atoms with Crippen LogP contribution in [0.2, 0.25) is 0 Å². The molecule has 0 saturated carbocycles. The number of hydrogen-bond donors (Lipinski definition) is 1. The SMILES string of the molecule is O=C(O)[C@H]1[C@H]2C(=O)N(C[C@@H]3CCCO3)C[C@]23C=C[C@H]1O3. The number of amides is 1. The Labute approximate surface area is 116 Å². The quantitative estimate of drug-likeness (QED) is 0.738. The van der Waals surface area contributed by atoms with Gasteiger partial charge in [0.05, 0.1) is 24.7 Å². The zero-order valence-electron chi connectivity index (χ0n) is 11.0. The van der Waals surface area contributed by atoms with Gasteiger partial charge in [0.1, 0.15) is 11.5 Å². The Morgan fingerprint density at radius 1 is 1.55 bits per heavy atom. The predicted molar refractivity (Wildman–Crippen MR) is 66.9 cm³/mol. The first-order valence-corrected chi connectivity index (χ1v) is 7.11. The van der Waals surface area contributed by atoms with Crippen LogP contribution in [0.4, 0.5) is 0 Å². The van der Waals surface area contributed by atoms with Crippen LogP contribution >= 0.6 is 0 Å². The molecule has 0 aromatic rings. The number of hydrogen-bond acceptors (Lipinski definition) is 4. The van der Waals surface area contributed by atoms with Gasteiger partial charge in [0.15, 0.2) is 0 Å². The van der Waals surface area contributed by atoms with Crippen molar-refractivity contribution in [3.05, 3.63) is 12.2 Å². The maximum atomic E-state index is 12.6.